The second-order valence-corrected chi connectivity index (χ2v) is 9.87. The predicted molar refractivity (Wildman–Crippen MR) is 143 cm³/mol. The van der Waals surface area contributed by atoms with E-state index in [1.165, 1.54) is 23.5 Å². The van der Waals surface area contributed by atoms with Gasteiger partial charge >= 0.3 is 12.1 Å². The number of carbonyl (C=O) groups excluding carboxylic acids is 1. The van der Waals surface area contributed by atoms with E-state index in [4.69, 9.17) is 9.15 Å². The van der Waals surface area contributed by atoms with Gasteiger partial charge < -0.3 is 19.6 Å². The minimum Gasteiger partial charge on any atom is -0.480 e. The molecule has 0 saturated carbocycles. The van der Waals surface area contributed by atoms with Crippen LogP contribution in [0.25, 0.3) is 32.2 Å². The van der Waals surface area contributed by atoms with Crippen molar-refractivity contribution in [2.24, 2.45) is 0 Å². The quantitative estimate of drug-likeness (QED) is 0.207. The first-order valence-electron chi connectivity index (χ1n) is 12.0. The van der Waals surface area contributed by atoms with Gasteiger partial charge in [0, 0.05) is 10.3 Å². The van der Waals surface area contributed by atoms with Gasteiger partial charge in [0.1, 0.15) is 0 Å². The summed E-state index contributed by atoms with van der Waals surface area (Å²) in [4.78, 5) is 30.0. The Morgan fingerprint density at radius 2 is 1.70 bits per heavy atom. The number of hydrogen-bond donors (Lipinski definition) is 2. The molecule has 1 unspecified atom stereocenters. The van der Waals surface area contributed by atoms with Crippen molar-refractivity contribution in [1.29, 1.82) is 0 Å². The summed E-state index contributed by atoms with van der Waals surface area (Å²) in [6.45, 7) is -0.159. The third-order valence-electron chi connectivity index (χ3n) is 5.95. The van der Waals surface area contributed by atoms with Crippen LogP contribution in [0.4, 0.5) is 13.2 Å². The Morgan fingerprint density at radius 3 is 2.38 bits per heavy atom. The molecule has 40 heavy (non-hydrogen) atoms. The average molecular weight is 567 g/mol. The van der Waals surface area contributed by atoms with E-state index < -0.39 is 29.7 Å². The van der Waals surface area contributed by atoms with E-state index in [0.29, 0.717) is 4.88 Å². The van der Waals surface area contributed by atoms with Crippen molar-refractivity contribution in [2.75, 3.05) is 6.61 Å². The molecule has 5 aromatic rings. The van der Waals surface area contributed by atoms with Crippen LogP contribution in [0.2, 0.25) is 0 Å². The number of hydrogen-bond acceptors (Lipinski definition) is 6. The number of benzene rings is 3. The van der Waals surface area contributed by atoms with Crippen LogP contribution in [-0.4, -0.2) is 34.6 Å². The van der Waals surface area contributed by atoms with Gasteiger partial charge in [0.25, 0.3) is 5.91 Å². The van der Waals surface area contributed by atoms with E-state index in [1.54, 1.807) is 6.07 Å². The van der Waals surface area contributed by atoms with Crippen molar-refractivity contribution in [1.82, 2.24) is 10.3 Å². The van der Waals surface area contributed by atoms with Gasteiger partial charge in [-0.1, -0.05) is 48.5 Å². The van der Waals surface area contributed by atoms with Crippen LogP contribution >= 0.6 is 11.3 Å². The van der Waals surface area contributed by atoms with Gasteiger partial charge in [0.15, 0.2) is 17.5 Å². The third kappa shape index (κ3) is 6.05. The van der Waals surface area contributed by atoms with E-state index in [9.17, 15) is 27.9 Å². The highest BCUT2D eigenvalue weighted by Gasteiger charge is 2.31. The molecule has 0 fully saturated rings. The number of alkyl halides is 3. The fourth-order valence-corrected chi connectivity index (χ4v) is 4.98. The minimum absolute atomic E-state index is 0.0722. The lowest BCUT2D eigenvalue weighted by atomic mass is 10.1. The molecule has 0 aliphatic heterocycles. The first-order chi connectivity index (χ1) is 19.2. The van der Waals surface area contributed by atoms with Crippen molar-refractivity contribution >= 4 is 33.3 Å². The van der Waals surface area contributed by atoms with Gasteiger partial charge in [-0.05, 0) is 47.3 Å². The van der Waals surface area contributed by atoms with Crippen LogP contribution in [0.5, 0.6) is 0 Å². The highest BCUT2D eigenvalue weighted by molar-refractivity contribution is 7.22. The van der Waals surface area contributed by atoms with Crippen molar-refractivity contribution < 1.29 is 37.0 Å². The summed E-state index contributed by atoms with van der Waals surface area (Å²) in [6, 6.07) is 21.2. The molecule has 0 aliphatic carbocycles. The number of carbonyl (C=O) groups is 2. The second-order valence-electron chi connectivity index (χ2n) is 8.79. The Morgan fingerprint density at radius 1 is 1.00 bits per heavy atom. The number of rotatable bonds is 9. The summed E-state index contributed by atoms with van der Waals surface area (Å²) >= 11 is 1.33. The number of aromatic nitrogens is 1. The number of amides is 1. The molecule has 7 nitrogen and oxygen atoms in total. The molecule has 204 valence electrons. The monoisotopic (exact) mass is 566 g/mol. The number of halogens is 3. The average Bonchev–Trinajstić information content (AvgIpc) is 3.57. The first-order valence-corrected chi connectivity index (χ1v) is 12.8. The van der Waals surface area contributed by atoms with Crippen LogP contribution in [-0.2, 0) is 22.3 Å². The van der Waals surface area contributed by atoms with E-state index >= 15 is 0 Å². The highest BCUT2D eigenvalue weighted by atomic mass is 32.1. The maximum atomic E-state index is 13.3. The topological polar surface area (TPSA) is 102 Å². The van der Waals surface area contributed by atoms with Crippen LogP contribution in [0.15, 0.2) is 89.3 Å². The summed E-state index contributed by atoms with van der Waals surface area (Å²) in [6.07, 6.45) is -4.52. The van der Waals surface area contributed by atoms with Crippen LogP contribution in [0.1, 0.15) is 21.6 Å². The number of nitrogens with one attached hydrogen (secondary N) is 1. The van der Waals surface area contributed by atoms with Crippen molar-refractivity contribution in [2.45, 2.75) is 18.8 Å². The Bertz CT molecular complexity index is 1610. The van der Waals surface area contributed by atoms with E-state index in [-0.39, 0.29) is 36.1 Å². The summed E-state index contributed by atoms with van der Waals surface area (Å²) in [5, 5.41) is 13.0. The lowest BCUT2D eigenvalue weighted by molar-refractivity contribution is -0.141. The van der Waals surface area contributed by atoms with Crippen molar-refractivity contribution in [3.8, 4) is 22.1 Å². The van der Waals surface area contributed by atoms with Gasteiger partial charge in [0.05, 0.1) is 23.7 Å². The zero-order chi connectivity index (χ0) is 28.3. The SMILES string of the molecule is O=C(NC(COCc1ccccc1)C(=O)O)c1nc(-c2ccc(C(F)(F)F)cc2)oc1-c1cc2ccccc2s1. The molecule has 0 aliphatic rings. The molecule has 2 heterocycles. The molecule has 0 bridgehead atoms. The maximum absolute atomic E-state index is 13.3. The van der Waals surface area contributed by atoms with Gasteiger partial charge in [-0.25, -0.2) is 9.78 Å². The van der Waals surface area contributed by atoms with Gasteiger partial charge in [-0.2, -0.15) is 13.2 Å². The number of thiophene rings is 1. The normalized spacial score (nSPS) is 12.4. The Labute approximate surface area is 229 Å². The molecule has 3 aromatic carbocycles. The Kier molecular flexibility index (Phi) is 7.67. The molecule has 2 aromatic heterocycles. The van der Waals surface area contributed by atoms with Crippen LogP contribution in [0.3, 0.4) is 0 Å². The number of aliphatic carboxylic acids is 1. The molecule has 2 N–H and O–H groups in total. The molecule has 0 saturated heterocycles. The second kappa shape index (κ2) is 11.3. The fourth-order valence-electron chi connectivity index (χ4n) is 3.93. The summed E-state index contributed by atoms with van der Waals surface area (Å²) in [7, 11) is 0. The molecular weight excluding hydrogens is 545 g/mol. The summed E-state index contributed by atoms with van der Waals surface area (Å²) in [5.41, 5.74) is 0.0131. The maximum Gasteiger partial charge on any atom is 0.416 e. The molecule has 1 amide bonds. The van der Waals surface area contributed by atoms with Gasteiger partial charge in [0.2, 0.25) is 5.89 Å². The van der Waals surface area contributed by atoms with Gasteiger partial charge in [-0.15, -0.1) is 11.3 Å². The molecule has 0 spiro atoms. The van der Waals surface area contributed by atoms with Crippen molar-refractivity contribution in [3.63, 3.8) is 0 Å². The molecular formula is C29H21F3N2O5S. The predicted octanol–water partition coefficient (Wildman–Crippen LogP) is 6.64. The molecule has 0 radical (unpaired) electrons. The number of carboxylic acids is 1. The molecule has 1 atom stereocenters. The van der Waals surface area contributed by atoms with Crippen LogP contribution < -0.4 is 5.32 Å². The van der Waals surface area contributed by atoms with E-state index in [1.807, 2.05) is 54.6 Å². The van der Waals surface area contributed by atoms with Gasteiger partial charge in [-0.3, -0.25) is 4.79 Å². The Balaban J connectivity index is 1.44. The zero-order valence-corrected chi connectivity index (χ0v) is 21.5. The van der Waals surface area contributed by atoms with E-state index in [0.717, 1.165) is 27.8 Å². The summed E-state index contributed by atoms with van der Waals surface area (Å²) in [5.74, 6) is -2.15. The lowest BCUT2D eigenvalue weighted by Crippen LogP contribution is -2.44. The summed E-state index contributed by atoms with van der Waals surface area (Å²) < 4.78 is 51.5. The number of fused-ring (bicyclic) bond motifs is 1. The van der Waals surface area contributed by atoms with E-state index in [2.05, 4.69) is 10.3 Å². The fraction of sp³-hybridized carbons (Fsp3) is 0.138. The Hall–Kier alpha value is -4.48. The lowest BCUT2D eigenvalue weighted by Gasteiger charge is -2.14. The minimum atomic E-state index is -4.52. The molecule has 5 rings (SSSR count). The largest absolute Gasteiger partial charge is 0.480 e. The number of ether oxygens (including phenoxy) is 1. The van der Waals surface area contributed by atoms with Crippen LogP contribution in [0, 0.1) is 0 Å². The number of carboxylic acid groups (broad SMARTS) is 1. The smallest absolute Gasteiger partial charge is 0.416 e. The number of nitrogens with zero attached hydrogens (tertiary/aromatic N) is 1. The third-order valence-corrected chi connectivity index (χ3v) is 7.07. The number of oxazole rings is 1. The zero-order valence-electron chi connectivity index (χ0n) is 20.6. The standard InChI is InChI=1S/C29H21F3N2O5S/c30-29(31,32)20-12-10-18(11-13-20)27-34-24(25(39-27)23-14-19-8-4-5-9-22(19)40-23)26(35)33-21(28(36)37)16-38-15-17-6-2-1-3-7-17/h1-14,21H,15-16H2,(H,33,35)(H,36,37). The molecule has 11 heteroatoms. The van der Waals surface area contributed by atoms with Crippen molar-refractivity contribution in [3.05, 3.63) is 102 Å². The highest BCUT2D eigenvalue weighted by Crippen LogP contribution is 2.38. The first kappa shape index (κ1) is 27.1.